The quantitative estimate of drug-likeness (QED) is 0.401. The van der Waals surface area contributed by atoms with Crippen LogP contribution in [-0.2, 0) is 23.8 Å². The standard InChI is InChI=1S/C10H14O7/c1-2-15-10(14)17-7-3-6-16-9(13)5-4-8(11)12/h4-5H,2-3,6-7H2,1H3,(H,11,12)/b5-4+. The third-order valence-corrected chi connectivity index (χ3v) is 1.38. The Balaban J connectivity index is 3.48. The van der Waals surface area contributed by atoms with Gasteiger partial charge in [0.25, 0.3) is 0 Å². The van der Waals surface area contributed by atoms with Crippen molar-refractivity contribution in [2.75, 3.05) is 19.8 Å². The lowest BCUT2D eigenvalue weighted by atomic mass is 10.5. The lowest BCUT2D eigenvalue weighted by molar-refractivity contribution is -0.139. The van der Waals surface area contributed by atoms with E-state index in [9.17, 15) is 14.4 Å². The van der Waals surface area contributed by atoms with Crippen molar-refractivity contribution in [3.8, 4) is 0 Å². The van der Waals surface area contributed by atoms with E-state index < -0.39 is 18.1 Å². The van der Waals surface area contributed by atoms with Crippen molar-refractivity contribution < 1.29 is 33.7 Å². The molecular formula is C10H14O7. The second kappa shape index (κ2) is 9.20. The molecule has 0 aliphatic carbocycles. The van der Waals surface area contributed by atoms with Crippen molar-refractivity contribution in [1.29, 1.82) is 0 Å². The van der Waals surface area contributed by atoms with Gasteiger partial charge in [-0.25, -0.2) is 14.4 Å². The van der Waals surface area contributed by atoms with Crippen LogP contribution in [0.5, 0.6) is 0 Å². The molecule has 0 aromatic heterocycles. The number of carbonyl (C=O) groups is 3. The summed E-state index contributed by atoms with van der Waals surface area (Å²) in [6.07, 6.45) is 1.02. The lowest BCUT2D eigenvalue weighted by Crippen LogP contribution is -2.11. The van der Waals surface area contributed by atoms with Crippen molar-refractivity contribution in [3.63, 3.8) is 0 Å². The van der Waals surface area contributed by atoms with Crippen LogP contribution in [0.3, 0.4) is 0 Å². The molecule has 0 saturated heterocycles. The predicted octanol–water partition coefficient (Wildman–Crippen LogP) is 0.734. The van der Waals surface area contributed by atoms with E-state index in [0.717, 1.165) is 6.08 Å². The molecule has 7 nitrogen and oxygen atoms in total. The Morgan fingerprint density at radius 1 is 1.06 bits per heavy atom. The van der Waals surface area contributed by atoms with Crippen molar-refractivity contribution in [3.05, 3.63) is 12.2 Å². The maximum Gasteiger partial charge on any atom is 0.508 e. The molecule has 0 unspecified atom stereocenters. The summed E-state index contributed by atoms with van der Waals surface area (Å²) in [5, 5.41) is 8.22. The highest BCUT2D eigenvalue weighted by Gasteiger charge is 2.02. The van der Waals surface area contributed by atoms with Crippen molar-refractivity contribution in [1.82, 2.24) is 0 Å². The number of carboxylic acid groups (broad SMARTS) is 1. The van der Waals surface area contributed by atoms with Gasteiger partial charge in [0.05, 0.1) is 19.8 Å². The molecule has 1 N–H and O–H groups in total. The monoisotopic (exact) mass is 246 g/mol. The fraction of sp³-hybridized carbons (Fsp3) is 0.500. The molecule has 0 amide bonds. The van der Waals surface area contributed by atoms with Crippen LogP contribution in [0, 0.1) is 0 Å². The molecule has 0 radical (unpaired) electrons. The molecule has 0 heterocycles. The molecule has 0 rings (SSSR count). The Morgan fingerprint density at radius 3 is 2.29 bits per heavy atom. The van der Waals surface area contributed by atoms with Crippen molar-refractivity contribution >= 4 is 18.1 Å². The highest BCUT2D eigenvalue weighted by molar-refractivity contribution is 5.90. The SMILES string of the molecule is CCOC(=O)OCCCOC(=O)/C=C/C(=O)O. The molecule has 96 valence electrons. The van der Waals surface area contributed by atoms with Crippen molar-refractivity contribution in [2.24, 2.45) is 0 Å². The molecule has 0 spiro atoms. The van der Waals surface area contributed by atoms with Crippen LogP contribution in [0.2, 0.25) is 0 Å². The second-order valence-corrected chi connectivity index (χ2v) is 2.72. The molecule has 17 heavy (non-hydrogen) atoms. The van der Waals surface area contributed by atoms with Crippen molar-refractivity contribution in [2.45, 2.75) is 13.3 Å². The number of aliphatic carboxylic acids is 1. The minimum atomic E-state index is -1.23. The van der Waals surface area contributed by atoms with Gasteiger partial charge in [0.1, 0.15) is 0 Å². The molecule has 0 atom stereocenters. The number of carbonyl (C=O) groups excluding carboxylic acids is 2. The summed E-state index contributed by atoms with van der Waals surface area (Å²) >= 11 is 0. The Hall–Kier alpha value is -2.05. The minimum absolute atomic E-state index is 0.0300. The van der Waals surface area contributed by atoms with E-state index in [0.29, 0.717) is 12.5 Å². The van der Waals surface area contributed by atoms with E-state index in [2.05, 4.69) is 14.2 Å². The largest absolute Gasteiger partial charge is 0.508 e. The predicted molar refractivity (Wildman–Crippen MR) is 55.3 cm³/mol. The van der Waals surface area contributed by atoms with Gasteiger partial charge in [0, 0.05) is 18.6 Å². The molecule has 0 aliphatic heterocycles. The molecule has 0 fully saturated rings. The zero-order valence-electron chi connectivity index (χ0n) is 9.38. The second-order valence-electron chi connectivity index (χ2n) is 2.72. The molecule has 0 aromatic rings. The van der Waals surface area contributed by atoms with Gasteiger partial charge in [-0.3, -0.25) is 0 Å². The summed E-state index contributed by atoms with van der Waals surface area (Å²) < 4.78 is 13.7. The van der Waals surface area contributed by atoms with Gasteiger partial charge in [-0.2, -0.15) is 0 Å². The van der Waals surface area contributed by atoms with E-state index in [1.807, 2.05) is 0 Å². The number of carboxylic acids is 1. The average Bonchev–Trinajstić information content (AvgIpc) is 2.26. The number of esters is 1. The van der Waals surface area contributed by atoms with Gasteiger partial charge >= 0.3 is 18.1 Å². The Kier molecular flexibility index (Phi) is 8.09. The third kappa shape index (κ3) is 10.2. The number of ether oxygens (including phenoxy) is 3. The summed E-state index contributed by atoms with van der Waals surface area (Å²) in [7, 11) is 0. The van der Waals surface area contributed by atoms with Crippen LogP contribution in [-0.4, -0.2) is 43.0 Å². The smallest absolute Gasteiger partial charge is 0.478 e. The molecule has 0 aromatic carbocycles. The first-order valence-electron chi connectivity index (χ1n) is 4.93. The maximum absolute atomic E-state index is 10.8. The van der Waals surface area contributed by atoms with Gasteiger partial charge in [-0.1, -0.05) is 0 Å². The molecule has 0 aliphatic rings. The number of rotatable bonds is 7. The topological polar surface area (TPSA) is 99.1 Å². The van der Waals surface area contributed by atoms with Crippen LogP contribution in [0.15, 0.2) is 12.2 Å². The summed E-state index contributed by atoms with van der Waals surface area (Å²) in [5.74, 6) is -1.99. The molecule has 7 heteroatoms. The highest BCUT2D eigenvalue weighted by Crippen LogP contribution is 1.90. The van der Waals surface area contributed by atoms with Gasteiger partial charge in [-0.05, 0) is 6.92 Å². The summed E-state index contributed by atoms with van der Waals surface area (Å²) in [5.41, 5.74) is 0. The van der Waals surface area contributed by atoms with E-state index in [4.69, 9.17) is 5.11 Å². The minimum Gasteiger partial charge on any atom is -0.478 e. The first-order chi connectivity index (χ1) is 8.06. The molecule has 0 bridgehead atoms. The first kappa shape index (κ1) is 14.9. The lowest BCUT2D eigenvalue weighted by Gasteiger charge is -2.04. The zero-order valence-corrected chi connectivity index (χ0v) is 9.38. The van der Waals surface area contributed by atoms with Gasteiger partial charge in [0.15, 0.2) is 0 Å². The average molecular weight is 246 g/mol. The van der Waals surface area contributed by atoms with Gasteiger partial charge in [0.2, 0.25) is 0 Å². The van der Waals surface area contributed by atoms with E-state index >= 15 is 0 Å². The summed E-state index contributed by atoms with van der Waals surface area (Å²) in [6.45, 7) is 1.97. The zero-order chi connectivity index (χ0) is 13.1. The molecular weight excluding hydrogens is 232 g/mol. The van der Waals surface area contributed by atoms with E-state index in [1.54, 1.807) is 6.92 Å². The van der Waals surface area contributed by atoms with E-state index in [-0.39, 0.29) is 19.8 Å². The Labute approximate surface area is 98.0 Å². The Bertz CT molecular complexity index is 295. The highest BCUT2D eigenvalue weighted by atomic mass is 16.7. The summed E-state index contributed by atoms with van der Waals surface area (Å²) in [6, 6.07) is 0. The fourth-order valence-corrected chi connectivity index (χ4v) is 0.734. The summed E-state index contributed by atoms with van der Waals surface area (Å²) in [4.78, 5) is 31.6. The number of hydrogen-bond acceptors (Lipinski definition) is 6. The van der Waals surface area contributed by atoms with Crippen LogP contribution in [0.25, 0.3) is 0 Å². The van der Waals surface area contributed by atoms with Gasteiger partial charge < -0.3 is 19.3 Å². The first-order valence-corrected chi connectivity index (χ1v) is 4.93. The number of hydrogen-bond donors (Lipinski definition) is 1. The van der Waals surface area contributed by atoms with E-state index in [1.165, 1.54) is 0 Å². The Morgan fingerprint density at radius 2 is 1.71 bits per heavy atom. The molecule has 0 saturated carbocycles. The van der Waals surface area contributed by atoms with Crippen LogP contribution in [0.4, 0.5) is 4.79 Å². The van der Waals surface area contributed by atoms with Gasteiger partial charge in [-0.15, -0.1) is 0 Å². The maximum atomic E-state index is 10.8. The van der Waals surface area contributed by atoms with Crippen LogP contribution < -0.4 is 0 Å². The third-order valence-electron chi connectivity index (χ3n) is 1.38. The fourth-order valence-electron chi connectivity index (χ4n) is 0.734. The van der Waals surface area contributed by atoms with Crippen LogP contribution >= 0.6 is 0 Å². The van der Waals surface area contributed by atoms with Crippen LogP contribution in [0.1, 0.15) is 13.3 Å². The normalized spacial score (nSPS) is 9.94.